The van der Waals surface area contributed by atoms with Crippen LogP contribution < -0.4 is 11.1 Å². The summed E-state index contributed by atoms with van der Waals surface area (Å²) in [5.41, 5.74) is 2.97. The quantitative estimate of drug-likeness (QED) is 0.482. The van der Waals surface area contributed by atoms with E-state index in [9.17, 15) is 19.2 Å². The number of piperidine rings is 2. The molecule has 2 aromatic heterocycles. The largest absolute Gasteiger partial charge is 0.444 e. The maximum atomic E-state index is 13.2. The van der Waals surface area contributed by atoms with Crippen LogP contribution in [0.1, 0.15) is 95.2 Å². The Balaban J connectivity index is 1.12. The molecule has 2 amide bonds. The van der Waals surface area contributed by atoms with Crippen molar-refractivity contribution < 1.29 is 19.1 Å². The van der Waals surface area contributed by atoms with Crippen molar-refractivity contribution in [2.24, 2.45) is 11.8 Å². The average Bonchev–Trinajstić information content (AvgIpc) is 2.92. The molecule has 45 heavy (non-hydrogen) atoms. The van der Waals surface area contributed by atoms with E-state index < -0.39 is 11.2 Å². The molecule has 4 bridgehead atoms. The van der Waals surface area contributed by atoms with Gasteiger partial charge in [-0.15, -0.1) is 0 Å². The van der Waals surface area contributed by atoms with Crippen LogP contribution in [0.15, 0.2) is 33.9 Å². The predicted molar refractivity (Wildman–Crippen MR) is 171 cm³/mol. The Bertz CT molecular complexity index is 1480. The zero-order chi connectivity index (χ0) is 32.3. The molecular formula is C35H48N4O6. The first kappa shape index (κ1) is 31.4. The zero-order valence-electron chi connectivity index (χ0n) is 27.6. The summed E-state index contributed by atoms with van der Waals surface area (Å²) in [5, 5.41) is 0. The van der Waals surface area contributed by atoms with Crippen molar-refractivity contribution in [1.82, 2.24) is 18.9 Å². The van der Waals surface area contributed by atoms with E-state index in [0.29, 0.717) is 39.3 Å². The second-order valence-electron chi connectivity index (χ2n) is 15.7. The van der Waals surface area contributed by atoms with Gasteiger partial charge in [0.1, 0.15) is 11.2 Å². The van der Waals surface area contributed by atoms with Gasteiger partial charge in [0.05, 0.1) is 0 Å². The Morgan fingerprint density at radius 2 is 1.04 bits per heavy atom. The molecule has 0 aromatic carbocycles. The maximum Gasteiger partial charge on any atom is 0.410 e. The highest BCUT2D eigenvalue weighted by atomic mass is 16.6. The van der Waals surface area contributed by atoms with Crippen LogP contribution in [-0.4, -0.2) is 68.5 Å². The number of aromatic nitrogens is 2. The van der Waals surface area contributed by atoms with Gasteiger partial charge in [0, 0.05) is 74.6 Å². The number of rotatable bonds is 4. The summed E-state index contributed by atoms with van der Waals surface area (Å²) in [6.45, 7) is 14.8. The topological polar surface area (TPSA) is 103 Å². The number of amides is 2. The first-order chi connectivity index (χ1) is 21.1. The molecule has 244 valence electrons. The Morgan fingerprint density at radius 1 is 0.644 bits per heavy atom. The third-order valence-corrected chi connectivity index (χ3v) is 9.47. The average molecular weight is 621 g/mol. The normalized spacial score (nSPS) is 24.0. The fourth-order valence-corrected chi connectivity index (χ4v) is 7.77. The third-order valence-electron chi connectivity index (χ3n) is 9.47. The van der Waals surface area contributed by atoms with E-state index in [1.807, 2.05) is 50.7 Å². The van der Waals surface area contributed by atoms with Gasteiger partial charge in [-0.25, -0.2) is 9.59 Å². The lowest BCUT2D eigenvalue weighted by molar-refractivity contribution is 0.00932. The van der Waals surface area contributed by atoms with E-state index >= 15 is 0 Å². The second-order valence-corrected chi connectivity index (χ2v) is 15.7. The van der Waals surface area contributed by atoms with E-state index in [2.05, 4.69) is 12.1 Å². The van der Waals surface area contributed by atoms with Gasteiger partial charge in [-0.1, -0.05) is 0 Å². The number of ether oxygens (including phenoxy) is 2. The van der Waals surface area contributed by atoms with Crippen molar-refractivity contribution in [1.29, 1.82) is 0 Å². The smallest absolute Gasteiger partial charge is 0.410 e. The Hall–Kier alpha value is -3.56. The Labute approximate surface area is 265 Å². The second kappa shape index (κ2) is 11.7. The number of carbonyl (C=O) groups excluding carboxylic acids is 2. The van der Waals surface area contributed by atoms with Crippen LogP contribution in [0.2, 0.25) is 0 Å². The minimum atomic E-state index is -0.547. The summed E-state index contributed by atoms with van der Waals surface area (Å²) in [6, 6.07) is 7.81. The van der Waals surface area contributed by atoms with Gasteiger partial charge in [-0.2, -0.15) is 0 Å². The molecule has 0 aliphatic carbocycles. The van der Waals surface area contributed by atoms with E-state index in [4.69, 9.17) is 9.47 Å². The molecule has 0 saturated carbocycles. The Kier molecular flexibility index (Phi) is 8.14. The number of likely N-dealkylation sites (tertiary alicyclic amines) is 2. The van der Waals surface area contributed by atoms with Gasteiger partial charge in [0.25, 0.3) is 11.1 Å². The van der Waals surface area contributed by atoms with E-state index in [1.165, 1.54) is 0 Å². The van der Waals surface area contributed by atoms with Gasteiger partial charge < -0.3 is 28.4 Å². The lowest BCUT2D eigenvalue weighted by Gasteiger charge is -2.43. The standard InChI is InChI=1S/C35H48N4O6/c1-34(2,3)44-32(42)36-16-24-10-26(20-36)28-12-22(14-30(40)38(28)18-24)8-7-9-23-13-29-27-11-25(19-39(29)31(41)15-23)17-37(21-27)33(43)45-35(4,5)6/h12-15,24-27H,7-11,16-21H2,1-6H3. The van der Waals surface area contributed by atoms with Gasteiger partial charge >= 0.3 is 12.2 Å². The molecule has 4 unspecified atom stereocenters. The molecule has 2 fully saturated rings. The number of pyridine rings is 2. The molecular weight excluding hydrogens is 572 g/mol. The van der Waals surface area contributed by atoms with Crippen LogP contribution in [0.3, 0.4) is 0 Å². The number of carbonyl (C=O) groups is 2. The molecule has 4 aliphatic heterocycles. The summed E-state index contributed by atoms with van der Waals surface area (Å²) in [4.78, 5) is 55.6. The SMILES string of the molecule is CC(C)(C)OC(=O)N1CC2CC(C1)c1cc(CCCc3cc4n(c(=O)c3)CC3CC4CN(C(=O)OC(C)(C)C)C3)cc(=O)n1C2. The molecule has 10 heteroatoms. The van der Waals surface area contributed by atoms with Gasteiger partial charge in [-0.3, -0.25) is 9.59 Å². The zero-order valence-corrected chi connectivity index (χ0v) is 27.6. The molecule has 10 nitrogen and oxygen atoms in total. The van der Waals surface area contributed by atoms with Crippen molar-refractivity contribution in [3.63, 3.8) is 0 Å². The summed E-state index contributed by atoms with van der Waals surface area (Å²) < 4.78 is 15.1. The van der Waals surface area contributed by atoms with Gasteiger partial charge in [0.15, 0.2) is 0 Å². The fraction of sp³-hybridized carbons (Fsp3) is 0.657. The minimum Gasteiger partial charge on any atom is -0.444 e. The van der Waals surface area contributed by atoms with Crippen LogP contribution in [0.4, 0.5) is 9.59 Å². The van der Waals surface area contributed by atoms with Crippen molar-refractivity contribution >= 4 is 12.2 Å². The lowest BCUT2D eigenvalue weighted by Crippen LogP contribution is -2.50. The highest BCUT2D eigenvalue weighted by molar-refractivity contribution is 5.69. The molecule has 2 aromatic rings. The highest BCUT2D eigenvalue weighted by Crippen LogP contribution is 2.37. The van der Waals surface area contributed by atoms with Crippen LogP contribution in [0, 0.1) is 11.8 Å². The van der Waals surface area contributed by atoms with Crippen molar-refractivity contribution in [3.05, 3.63) is 67.5 Å². The first-order valence-electron chi connectivity index (χ1n) is 16.5. The van der Waals surface area contributed by atoms with Crippen LogP contribution >= 0.6 is 0 Å². The van der Waals surface area contributed by atoms with Gasteiger partial charge in [-0.05, 0) is 109 Å². The molecule has 0 radical (unpaired) electrons. The molecule has 0 spiro atoms. The Morgan fingerprint density at radius 3 is 1.42 bits per heavy atom. The molecule has 0 N–H and O–H groups in total. The van der Waals surface area contributed by atoms with Crippen LogP contribution in [-0.2, 0) is 35.4 Å². The minimum absolute atomic E-state index is 0.0244. The number of aryl methyl sites for hydroxylation is 2. The maximum absolute atomic E-state index is 13.2. The van der Waals surface area contributed by atoms with Crippen molar-refractivity contribution in [2.45, 2.75) is 110 Å². The highest BCUT2D eigenvalue weighted by Gasteiger charge is 2.39. The third kappa shape index (κ3) is 6.99. The number of hydrogen-bond acceptors (Lipinski definition) is 6. The lowest BCUT2D eigenvalue weighted by atomic mass is 9.82. The number of fused-ring (bicyclic) bond motifs is 8. The van der Waals surface area contributed by atoms with E-state index in [-0.39, 0.29) is 47.0 Å². The van der Waals surface area contributed by atoms with E-state index in [0.717, 1.165) is 54.6 Å². The number of nitrogens with zero attached hydrogens (tertiary/aromatic N) is 4. The monoisotopic (exact) mass is 620 g/mol. The summed E-state index contributed by atoms with van der Waals surface area (Å²) in [7, 11) is 0. The van der Waals surface area contributed by atoms with E-state index in [1.54, 1.807) is 21.9 Å². The molecule has 6 rings (SSSR count). The summed E-state index contributed by atoms with van der Waals surface area (Å²) in [5.74, 6) is 0.702. The van der Waals surface area contributed by atoms with Crippen LogP contribution in [0.5, 0.6) is 0 Å². The van der Waals surface area contributed by atoms with Crippen LogP contribution in [0.25, 0.3) is 0 Å². The number of hydrogen-bond donors (Lipinski definition) is 0. The van der Waals surface area contributed by atoms with Crippen molar-refractivity contribution in [2.75, 3.05) is 26.2 Å². The summed E-state index contributed by atoms with van der Waals surface area (Å²) in [6.07, 6.45) is 3.62. The molecule has 2 saturated heterocycles. The summed E-state index contributed by atoms with van der Waals surface area (Å²) >= 11 is 0. The molecule has 6 heterocycles. The van der Waals surface area contributed by atoms with Crippen molar-refractivity contribution in [3.8, 4) is 0 Å². The molecule has 4 aliphatic rings. The predicted octanol–water partition coefficient (Wildman–Crippen LogP) is 4.89. The molecule has 4 atom stereocenters. The fourth-order valence-electron chi connectivity index (χ4n) is 7.77. The first-order valence-corrected chi connectivity index (χ1v) is 16.5. The van der Waals surface area contributed by atoms with Gasteiger partial charge in [0.2, 0.25) is 0 Å².